The molecule has 16 nitrogen and oxygen atoms in total. The van der Waals surface area contributed by atoms with E-state index in [1.54, 1.807) is 0 Å². The standard InChI is InChI=1S/C42H62O16.2ClH.Hg/c1-37(2)21-8-11-42(7)31(20(43)16-18-19-17-39(4,36(53)54)13-12-38(19,3)14-15-41(18,42)6)40(21,5)10-9-22(37)55-35-30(26(47)25(46)29(57-35)33(51)52)58-34-27(48)23(44)24(45)28(56-34)32(49)50;;;/h16,19,21-31,34-35,44-48H,8-15,17H2,1-7H3,(H,49,50)(H,51,52)(H,53,54);2*1H;/q;;;+2/p-2/t19-,21-,22-,23-,24-,25-,26-,27+,28-,29-,30+,31+,34-,35-,38+,39-,40-,41+,42+;;;/m0.../s1. The number of aliphatic hydroxyl groups is 5. The monoisotopic (exact) mass is 1090 g/mol. The summed E-state index contributed by atoms with van der Waals surface area (Å²) in [7, 11) is 9.97. The van der Waals surface area contributed by atoms with Crippen molar-refractivity contribution < 1.29 is 101 Å². The summed E-state index contributed by atoms with van der Waals surface area (Å²) in [6.45, 7) is 14.8. The van der Waals surface area contributed by atoms with Crippen LogP contribution in [0.25, 0.3) is 0 Å². The van der Waals surface area contributed by atoms with Crippen LogP contribution >= 0.6 is 16.5 Å². The first-order valence-electron chi connectivity index (χ1n) is 21.3. The fraction of sp³-hybridized carbons (Fsp3) is 0.857. The Labute approximate surface area is 374 Å². The summed E-state index contributed by atoms with van der Waals surface area (Å²) in [5.74, 6) is -4.47. The Kier molecular flexibility index (Phi) is 14.0. The molecule has 7 aliphatic rings. The molecule has 19 heteroatoms. The quantitative estimate of drug-likeness (QED) is 0.134. The molecule has 4 saturated carbocycles. The van der Waals surface area contributed by atoms with E-state index in [4.69, 9.17) is 35.4 Å². The van der Waals surface area contributed by atoms with Gasteiger partial charge in [0.05, 0.1) is 11.5 Å². The fourth-order valence-corrected chi connectivity index (χ4v) is 13.4. The summed E-state index contributed by atoms with van der Waals surface area (Å²) in [6, 6.07) is 0. The third kappa shape index (κ3) is 7.97. The van der Waals surface area contributed by atoms with Crippen LogP contribution in [-0.2, 0) is 60.2 Å². The molecule has 0 aromatic heterocycles. The molecular formula is C42H62Cl2HgO16. The Balaban J connectivity index is 0.00000201. The molecule has 0 spiro atoms. The van der Waals surface area contributed by atoms with Crippen molar-refractivity contribution >= 4 is 40.2 Å². The topological polar surface area (TPSA) is 267 Å². The Bertz CT molecular complexity index is 1770. The molecule has 0 radical (unpaired) electrons. The van der Waals surface area contributed by atoms with E-state index in [9.17, 15) is 60.0 Å². The van der Waals surface area contributed by atoms with Gasteiger partial charge in [-0.25, -0.2) is 9.59 Å². The number of carbonyl (C=O) groups excluding carboxylic acids is 1. The first kappa shape index (κ1) is 49.4. The molecule has 5 aliphatic carbocycles. The van der Waals surface area contributed by atoms with E-state index in [1.165, 1.54) is 0 Å². The number of aliphatic hydroxyl groups excluding tert-OH is 5. The van der Waals surface area contributed by atoms with Gasteiger partial charge in [0.2, 0.25) is 0 Å². The van der Waals surface area contributed by atoms with E-state index in [0.29, 0.717) is 25.7 Å². The van der Waals surface area contributed by atoms with Crippen LogP contribution in [0.3, 0.4) is 0 Å². The molecule has 0 unspecified atom stereocenters. The molecule has 6 fully saturated rings. The Morgan fingerprint density at radius 2 is 1.28 bits per heavy atom. The summed E-state index contributed by atoms with van der Waals surface area (Å²) in [6.07, 6.45) is -12.2. The van der Waals surface area contributed by atoms with Crippen LogP contribution < -0.4 is 0 Å². The molecule has 8 N–H and O–H groups in total. The molecule has 7 rings (SSSR count). The zero-order valence-electron chi connectivity index (χ0n) is 35.8. The van der Waals surface area contributed by atoms with Gasteiger partial charge in [-0.05, 0) is 110 Å². The number of fused-ring (bicyclic) bond motifs is 7. The summed E-state index contributed by atoms with van der Waals surface area (Å²) < 4.78 is 23.4. The molecule has 2 saturated heterocycles. The second kappa shape index (κ2) is 17.3. The second-order valence-corrected chi connectivity index (χ2v) is 28.6. The number of hydrogen-bond acceptors (Lipinski definition) is 13. The molecule has 0 amide bonds. The number of hydrogen-bond donors (Lipinski definition) is 8. The number of carboxylic acid groups (broad SMARTS) is 3. The van der Waals surface area contributed by atoms with Crippen LogP contribution in [0.5, 0.6) is 0 Å². The third-order valence-electron chi connectivity index (χ3n) is 17.2. The SMILES string of the molecule is CC1(C)[C@@H](O[C@H]2O[C@H](C(=O)O)[C@@H](O)[C@H](O)[C@H]2O[C@@H]2O[C@H](C(=O)O)[C@@H](O)[C@H](O)[C@H]2O)CC[C@]2(C)[C@H]3C(=O)C=C4[C@@H]5C[C@@](C)(C(=O)O)CC[C@]5(C)CC[C@@]4(C)[C@]3(C)CC[C@@H]12.[Cl][Hg][Cl]. The third-order valence-corrected chi connectivity index (χ3v) is 17.2. The zero-order valence-corrected chi connectivity index (χ0v) is 42.8. The Morgan fingerprint density at radius 1 is 0.721 bits per heavy atom. The zero-order chi connectivity index (χ0) is 45.6. The Morgan fingerprint density at radius 3 is 1.85 bits per heavy atom. The van der Waals surface area contributed by atoms with E-state index >= 15 is 0 Å². The fourth-order valence-electron chi connectivity index (χ4n) is 13.4. The summed E-state index contributed by atoms with van der Waals surface area (Å²) >= 11 is -1.14. The number of carbonyl (C=O) groups is 4. The van der Waals surface area contributed by atoms with Crippen molar-refractivity contribution in [2.45, 2.75) is 174 Å². The number of carboxylic acids is 3. The van der Waals surface area contributed by atoms with Gasteiger partial charge in [0.25, 0.3) is 0 Å². The number of halogens is 2. The van der Waals surface area contributed by atoms with Crippen LogP contribution in [0.1, 0.15) is 106 Å². The van der Waals surface area contributed by atoms with Crippen molar-refractivity contribution in [2.75, 3.05) is 0 Å². The molecule has 19 atom stereocenters. The molecular weight excluding hydrogens is 1030 g/mol. The van der Waals surface area contributed by atoms with Gasteiger partial charge >= 0.3 is 56.5 Å². The van der Waals surface area contributed by atoms with Crippen LogP contribution in [-0.4, -0.2) is 132 Å². The number of ether oxygens (including phenoxy) is 4. The van der Waals surface area contributed by atoms with Crippen molar-refractivity contribution in [1.29, 1.82) is 0 Å². The van der Waals surface area contributed by atoms with Crippen molar-refractivity contribution in [1.82, 2.24) is 0 Å². The molecule has 61 heavy (non-hydrogen) atoms. The first-order chi connectivity index (χ1) is 28.2. The van der Waals surface area contributed by atoms with E-state index in [2.05, 4.69) is 27.7 Å². The molecule has 0 aromatic carbocycles. The predicted octanol–water partition coefficient (Wildman–Crippen LogP) is 3.62. The van der Waals surface area contributed by atoms with Crippen LogP contribution in [0.2, 0.25) is 0 Å². The summed E-state index contributed by atoms with van der Waals surface area (Å²) in [5, 5.41) is 83.0. The molecule has 0 aromatic rings. The molecule has 0 bridgehead atoms. The van der Waals surface area contributed by atoms with Crippen LogP contribution in [0.15, 0.2) is 11.6 Å². The van der Waals surface area contributed by atoms with Gasteiger partial charge in [0.1, 0.15) is 36.6 Å². The maximum absolute atomic E-state index is 14.8. The van der Waals surface area contributed by atoms with E-state index in [0.717, 1.165) is 37.7 Å². The van der Waals surface area contributed by atoms with Gasteiger partial charge < -0.3 is 59.8 Å². The Hall–Kier alpha value is -1.02. The van der Waals surface area contributed by atoms with Crippen molar-refractivity contribution in [3.8, 4) is 0 Å². The summed E-state index contributed by atoms with van der Waals surface area (Å²) in [4.78, 5) is 51.3. The van der Waals surface area contributed by atoms with Gasteiger partial charge in [-0.15, -0.1) is 0 Å². The predicted molar refractivity (Wildman–Crippen MR) is 211 cm³/mol. The van der Waals surface area contributed by atoms with Crippen molar-refractivity contribution in [2.24, 2.45) is 50.2 Å². The molecule has 2 aliphatic heterocycles. The minimum absolute atomic E-state index is 0.0217. The average molecular weight is 1090 g/mol. The molecule has 342 valence electrons. The van der Waals surface area contributed by atoms with Gasteiger partial charge in [-0.1, -0.05) is 47.1 Å². The maximum atomic E-state index is 14.8. The second-order valence-electron chi connectivity index (χ2n) is 20.7. The first-order valence-corrected chi connectivity index (χ1v) is 34.8. The van der Waals surface area contributed by atoms with E-state index in [1.807, 2.05) is 26.8 Å². The normalized spacial score (nSPS) is 50.1. The minimum atomic E-state index is -2.05. The van der Waals surface area contributed by atoms with Gasteiger partial charge in [0, 0.05) is 5.92 Å². The summed E-state index contributed by atoms with van der Waals surface area (Å²) in [5.41, 5.74) is -1.81. The number of allylic oxidation sites excluding steroid dienone is 2. The van der Waals surface area contributed by atoms with Gasteiger partial charge in [0.15, 0.2) is 30.6 Å². The van der Waals surface area contributed by atoms with E-state index in [-0.39, 0.29) is 34.4 Å². The number of aliphatic carboxylic acids is 3. The van der Waals surface area contributed by atoms with Gasteiger partial charge in [-0.2, -0.15) is 0 Å². The van der Waals surface area contributed by atoms with Crippen LogP contribution in [0, 0.1) is 50.2 Å². The van der Waals surface area contributed by atoms with E-state index < -0.39 is 129 Å². The van der Waals surface area contributed by atoms with Gasteiger partial charge in [-0.3, -0.25) is 9.59 Å². The molecule has 2 heterocycles. The average Bonchev–Trinajstić information content (AvgIpc) is 3.16. The van der Waals surface area contributed by atoms with Crippen LogP contribution in [0.4, 0.5) is 0 Å². The van der Waals surface area contributed by atoms with Crippen molar-refractivity contribution in [3.05, 3.63) is 11.6 Å². The number of rotatable bonds is 7. The number of ketones is 1. The van der Waals surface area contributed by atoms with Crippen molar-refractivity contribution in [3.63, 3.8) is 0 Å².